The van der Waals surface area contributed by atoms with Crippen LogP contribution in [0, 0.1) is 18.3 Å². The Balaban J connectivity index is 3.28. The largest absolute Gasteiger partial charge is 0.462 e. The number of rotatable bonds is 3. The van der Waals surface area contributed by atoms with Crippen molar-refractivity contribution in [2.24, 2.45) is 0 Å². The van der Waals surface area contributed by atoms with Gasteiger partial charge in [0.2, 0.25) is 0 Å². The molecule has 1 N–H and O–H groups in total. The number of carbonyl (C=O) groups is 1. The zero-order valence-electron chi connectivity index (χ0n) is 9.28. The average molecular weight is 219 g/mol. The number of aryl methyl sites for hydroxylation is 1. The number of carbonyl (C=O) groups excluding carboxylic acids is 1. The molecule has 0 unspecified atom stereocenters. The zero-order valence-corrected chi connectivity index (χ0v) is 9.28. The van der Waals surface area contributed by atoms with Crippen LogP contribution >= 0.6 is 0 Å². The Hall–Kier alpha value is -1.86. The minimum Gasteiger partial charge on any atom is -0.462 e. The van der Waals surface area contributed by atoms with E-state index in [9.17, 15) is 4.79 Å². The van der Waals surface area contributed by atoms with E-state index in [1.165, 1.54) is 6.07 Å². The van der Waals surface area contributed by atoms with Crippen LogP contribution in [0.25, 0.3) is 0 Å². The van der Waals surface area contributed by atoms with Crippen LogP contribution in [0.15, 0.2) is 12.1 Å². The molecule has 0 aliphatic heterocycles. The third-order valence-corrected chi connectivity index (χ3v) is 2.18. The fourth-order valence-corrected chi connectivity index (χ4v) is 1.52. The van der Waals surface area contributed by atoms with E-state index in [1.54, 1.807) is 19.9 Å². The predicted octanol–water partition coefficient (Wildman–Crippen LogP) is 1.54. The van der Waals surface area contributed by atoms with Gasteiger partial charge >= 0.3 is 5.97 Å². The van der Waals surface area contributed by atoms with Crippen LogP contribution in [0.1, 0.15) is 34.0 Å². The van der Waals surface area contributed by atoms with Crippen LogP contribution in [0.2, 0.25) is 0 Å². The van der Waals surface area contributed by atoms with Gasteiger partial charge in [0.25, 0.3) is 0 Å². The molecule has 0 saturated carbocycles. The number of ether oxygens (including phenoxy) is 1. The molecule has 0 amide bonds. The van der Waals surface area contributed by atoms with Gasteiger partial charge in [0.1, 0.15) is 6.07 Å². The third-order valence-electron chi connectivity index (χ3n) is 2.18. The van der Waals surface area contributed by atoms with E-state index in [0.29, 0.717) is 11.1 Å². The molecule has 0 heterocycles. The van der Waals surface area contributed by atoms with E-state index < -0.39 is 5.97 Å². The van der Waals surface area contributed by atoms with Crippen molar-refractivity contribution in [1.82, 2.24) is 0 Å². The monoisotopic (exact) mass is 219 g/mol. The first-order chi connectivity index (χ1) is 7.63. The van der Waals surface area contributed by atoms with Gasteiger partial charge in [0.15, 0.2) is 0 Å². The van der Waals surface area contributed by atoms with Crippen molar-refractivity contribution in [3.8, 4) is 6.07 Å². The first-order valence-corrected chi connectivity index (χ1v) is 4.95. The van der Waals surface area contributed by atoms with Crippen molar-refractivity contribution in [3.63, 3.8) is 0 Å². The second kappa shape index (κ2) is 5.29. The molecule has 0 bridgehead atoms. The Kier molecular flexibility index (Phi) is 4.03. The second-order valence-corrected chi connectivity index (χ2v) is 3.33. The number of hydrogen-bond donors (Lipinski definition) is 1. The van der Waals surface area contributed by atoms with Gasteiger partial charge in [-0.05, 0) is 31.0 Å². The number of aliphatic hydroxyl groups is 1. The molecule has 0 atom stereocenters. The van der Waals surface area contributed by atoms with Gasteiger partial charge in [-0.2, -0.15) is 5.26 Å². The van der Waals surface area contributed by atoms with Gasteiger partial charge in [0.05, 0.1) is 24.3 Å². The second-order valence-electron chi connectivity index (χ2n) is 3.33. The number of esters is 1. The molecule has 0 aromatic heterocycles. The molecule has 0 saturated heterocycles. The first-order valence-electron chi connectivity index (χ1n) is 4.95. The molecule has 4 heteroatoms. The molecule has 16 heavy (non-hydrogen) atoms. The summed E-state index contributed by atoms with van der Waals surface area (Å²) in [6.07, 6.45) is 0. The molecule has 0 spiro atoms. The van der Waals surface area contributed by atoms with E-state index in [2.05, 4.69) is 0 Å². The summed E-state index contributed by atoms with van der Waals surface area (Å²) < 4.78 is 4.87. The Morgan fingerprint density at radius 2 is 2.25 bits per heavy atom. The highest BCUT2D eigenvalue weighted by Gasteiger charge is 2.16. The van der Waals surface area contributed by atoms with Gasteiger partial charge < -0.3 is 9.84 Å². The smallest absolute Gasteiger partial charge is 0.339 e. The molecule has 0 aliphatic rings. The average Bonchev–Trinajstić information content (AvgIpc) is 2.27. The lowest BCUT2D eigenvalue weighted by atomic mass is 9.99. The maximum Gasteiger partial charge on any atom is 0.339 e. The summed E-state index contributed by atoms with van der Waals surface area (Å²) in [7, 11) is 0. The lowest BCUT2D eigenvalue weighted by molar-refractivity contribution is 0.0525. The highest BCUT2D eigenvalue weighted by molar-refractivity contribution is 5.94. The normalized spacial score (nSPS) is 9.62. The summed E-state index contributed by atoms with van der Waals surface area (Å²) in [5, 5.41) is 17.9. The van der Waals surface area contributed by atoms with E-state index >= 15 is 0 Å². The Bertz CT molecular complexity index is 446. The minimum atomic E-state index is -0.499. The van der Waals surface area contributed by atoms with Gasteiger partial charge in [-0.25, -0.2) is 4.79 Å². The highest BCUT2D eigenvalue weighted by Crippen LogP contribution is 2.18. The SMILES string of the molecule is CCOC(=O)c1c(C)cc(CO)cc1C#N. The number of nitrogens with zero attached hydrogens (tertiary/aromatic N) is 1. The van der Waals surface area contributed by atoms with Crippen LogP contribution in [0.3, 0.4) is 0 Å². The fraction of sp³-hybridized carbons (Fsp3) is 0.333. The van der Waals surface area contributed by atoms with Crippen LogP contribution in [0.5, 0.6) is 0 Å². The van der Waals surface area contributed by atoms with E-state index in [4.69, 9.17) is 15.1 Å². The predicted molar refractivity (Wildman–Crippen MR) is 57.8 cm³/mol. The molecule has 4 nitrogen and oxygen atoms in total. The van der Waals surface area contributed by atoms with E-state index in [-0.39, 0.29) is 24.3 Å². The molecule has 1 aromatic rings. The Morgan fingerprint density at radius 3 is 2.75 bits per heavy atom. The fourth-order valence-electron chi connectivity index (χ4n) is 1.52. The van der Waals surface area contributed by atoms with Crippen LogP contribution in [0.4, 0.5) is 0 Å². The molecule has 84 valence electrons. The maximum absolute atomic E-state index is 11.6. The number of aliphatic hydroxyl groups excluding tert-OH is 1. The van der Waals surface area contributed by atoms with Gasteiger partial charge in [-0.15, -0.1) is 0 Å². The van der Waals surface area contributed by atoms with Gasteiger partial charge in [-0.3, -0.25) is 0 Å². The topological polar surface area (TPSA) is 70.3 Å². The summed E-state index contributed by atoms with van der Waals surface area (Å²) in [6.45, 7) is 3.54. The van der Waals surface area contributed by atoms with Crippen LogP contribution in [-0.2, 0) is 11.3 Å². The molecule has 0 aliphatic carbocycles. The molecule has 1 aromatic carbocycles. The van der Waals surface area contributed by atoms with E-state index in [1.807, 2.05) is 6.07 Å². The van der Waals surface area contributed by atoms with Crippen LogP contribution in [-0.4, -0.2) is 17.7 Å². The number of hydrogen-bond acceptors (Lipinski definition) is 4. The summed E-state index contributed by atoms with van der Waals surface area (Å²) in [5.74, 6) is -0.499. The molecule has 0 fully saturated rings. The van der Waals surface area contributed by atoms with Crippen molar-refractivity contribution in [3.05, 3.63) is 34.4 Å². The van der Waals surface area contributed by atoms with Gasteiger partial charge in [-0.1, -0.05) is 6.07 Å². The van der Waals surface area contributed by atoms with Crippen molar-refractivity contribution < 1.29 is 14.6 Å². The molecule has 0 radical (unpaired) electrons. The zero-order chi connectivity index (χ0) is 12.1. The Morgan fingerprint density at radius 1 is 1.56 bits per heavy atom. The number of benzene rings is 1. The van der Waals surface area contributed by atoms with Gasteiger partial charge in [0, 0.05) is 0 Å². The molecular weight excluding hydrogens is 206 g/mol. The highest BCUT2D eigenvalue weighted by atomic mass is 16.5. The summed E-state index contributed by atoms with van der Waals surface area (Å²) >= 11 is 0. The van der Waals surface area contributed by atoms with Crippen molar-refractivity contribution in [2.45, 2.75) is 20.5 Å². The summed E-state index contributed by atoms with van der Waals surface area (Å²) in [4.78, 5) is 11.6. The van der Waals surface area contributed by atoms with Crippen molar-refractivity contribution >= 4 is 5.97 Å². The first kappa shape index (κ1) is 12.2. The minimum absolute atomic E-state index is 0.154. The molecular formula is C12H13NO3. The van der Waals surface area contributed by atoms with Crippen molar-refractivity contribution in [1.29, 1.82) is 5.26 Å². The molecule has 1 rings (SSSR count). The van der Waals surface area contributed by atoms with Crippen LogP contribution < -0.4 is 0 Å². The quantitative estimate of drug-likeness (QED) is 0.783. The maximum atomic E-state index is 11.6. The standard InChI is InChI=1S/C12H13NO3/c1-3-16-12(15)11-8(2)4-9(7-14)5-10(11)6-13/h4-5,14H,3,7H2,1-2H3. The van der Waals surface area contributed by atoms with Crippen molar-refractivity contribution in [2.75, 3.05) is 6.61 Å². The summed E-state index contributed by atoms with van der Waals surface area (Å²) in [6, 6.07) is 5.11. The van der Waals surface area contributed by atoms with E-state index in [0.717, 1.165) is 0 Å². The lowest BCUT2D eigenvalue weighted by Gasteiger charge is -2.09. The Labute approximate surface area is 94.1 Å². The lowest BCUT2D eigenvalue weighted by Crippen LogP contribution is -2.10. The third kappa shape index (κ3) is 2.38. The number of nitriles is 1. The summed E-state index contributed by atoms with van der Waals surface area (Å²) in [5.41, 5.74) is 1.77.